The number of rotatable bonds is 3. The van der Waals surface area contributed by atoms with Gasteiger partial charge in [0.15, 0.2) is 0 Å². The van der Waals surface area contributed by atoms with Crippen LogP contribution in [0, 0.1) is 5.41 Å². The van der Waals surface area contributed by atoms with Crippen LogP contribution in [0.15, 0.2) is 10.8 Å². The van der Waals surface area contributed by atoms with Gasteiger partial charge in [0, 0.05) is 13.1 Å². The zero-order valence-corrected chi connectivity index (χ0v) is 14.4. The van der Waals surface area contributed by atoms with E-state index in [0.29, 0.717) is 11.4 Å². The van der Waals surface area contributed by atoms with E-state index in [0.717, 1.165) is 25.9 Å². The molecule has 2 saturated carbocycles. The predicted molar refractivity (Wildman–Crippen MR) is 85.8 cm³/mol. The van der Waals surface area contributed by atoms with Crippen LogP contribution in [-0.2, 0) is 4.79 Å². The van der Waals surface area contributed by atoms with Gasteiger partial charge >= 0.3 is 12.7 Å². The number of carbonyl (C=O) groups excluding carboxylic acids is 1. The van der Waals surface area contributed by atoms with Crippen molar-refractivity contribution in [2.24, 2.45) is 5.41 Å². The van der Waals surface area contributed by atoms with Crippen molar-refractivity contribution in [2.75, 3.05) is 18.4 Å². The summed E-state index contributed by atoms with van der Waals surface area (Å²) in [6, 6.07) is -0.0229. The van der Waals surface area contributed by atoms with Crippen molar-refractivity contribution in [1.82, 2.24) is 15.1 Å². The van der Waals surface area contributed by atoms with E-state index in [4.69, 9.17) is 4.42 Å². The van der Waals surface area contributed by atoms with E-state index >= 15 is 0 Å². The number of amides is 1. The summed E-state index contributed by atoms with van der Waals surface area (Å²) in [7, 11) is 0. The number of carbonyl (C=O) groups is 1. The first-order valence-electron chi connectivity index (χ1n) is 8.66. The highest BCUT2D eigenvalue weighted by molar-refractivity contribution is 5.83. The van der Waals surface area contributed by atoms with Crippen LogP contribution in [-0.4, -0.2) is 46.8 Å². The van der Waals surface area contributed by atoms with Gasteiger partial charge in [0.05, 0.1) is 0 Å². The Labute approximate surface area is 145 Å². The normalized spacial score (nSPS) is 20.8. The van der Waals surface area contributed by atoms with Gasteiger partial charge in [-0.1, -0.05) is 24.4 Å². The quantitative estimate of drug-likeness (QED) is 0.889. The lowest BCUT2D eigenvalue weighted by atomic mass is 9.93. The molecule has 3 fully saturated rings. The van der Waals surface area contributed by atoms with Gasteiger partial charge in [-0.15, -0.1) is 5.10 Å². The average molecular weight is 362 g/mol. The standard InChI is InChI=1S/C12H18N4O2.C3H6.CHF3/c1-9(14-11-15-13-8-18-11)10(17)16-6-4-12(2-3-12)5-7-16;1-2-3-1;2-1(3)4/h8-9H,2-7H2,1H3,(H,14,15);1-3H2;1H. The van der Waals surface area contributed by atoms with Gasteiger partial charge in [0.2, 0.25) is 12.3 Å². The number of likely N-dealkylation sites (tertiary alicyclic amines) is 1. The molecule has 1 spiro atoms. The van der Waals surface area contributed by atoms with Crippen LogP contribution >= 0.6 is 0 Å². The van der Waals surface area contributed by atoms with Crippen LogP contribution in [0.2, 0.25) is 0 Å². The fraction of sp³-hybridized carbons (Fsp3) is 0.812. The van der Waals surface area contributed by atoms with Crippen LogP contribution in [0.5, 0.6) is 0 Å². The Bertz CT molecular complexity index is 506. The first kappa shape index (κ1) is 19.5. The number of nitrogens with zero attached hydrogens (tertiary/aromatic N) is 3. The molecule has 25 heavy (non-hydrogen) atoms. The molecule has 142 valence electrons. The van der Waals surface area contributed by atoms with Crippen molar-refractivity contribution in [2.45, 2.75) is 64.6 Å². The highest BCUT2D eigenvalue weighted by Gasteiger charge is 2.45. The third kappa shape index (κ3) is 7.31. The third-order valence-electron chi connectivity index (χ3n) is 4.52. The van der Waals surface area contributed by atoms with Crippen molar-refractivity contribution in [1.29, 1.82) is 0 Å². The SMILES string of the molecule is C1CC1.CC(Nc1nnco1)C(=O)N1CCC2(CC1)CC2.FC(F)F. The third-order valence-corrected chi connectivity index (χ3v) is 4.52. The zero-order chi connectivity index (χ0) is 18.3. The predicted octanol–water partition coefficient (Wildman–Crippen LogP) is 3.62. The van der Waals surface area contributed by atoms with Crippen molar-refractivity contribution in [3.8, 4) is 0 Å². The zero-order valence-electron chi connectivity index (χ0n) is 14.4. The van der Waals surface area contributed by atoms with Crippen molar-refractivity contribution >= 4 is 11.9 Å². The molecule has 2 heterocycles. The molecule has 1 aliphatic heterocycles. The van der Waals surface area contributed by atoms with Crippen LogP contribution in [0.25, 0.3) is 0 Å². The Balaban J connectivity index is 0.000000272. The van der Waals surface area contributed by atoms with E-state index in [9.17, 15) is 18.0 Å². The van der Waals surface area contributed by atoms with Gasteiger partial charge in [0.25, 0.3) is 0 Å². The molecule has 1 amide bonds. The molecule has 0 aromatic carbocycles. The maximum atomic E-state index is 12.2. The number of nitrogens with one attached hydrogen (secondary N) is 1. The number of piperidine rings is 1. The van der Waals surface area contributed by atoms with Gasteiger partial charge in [-0.3, -0.25) is 4.79 Å². The number of aromatic nitrogens is 2. The van der Waals surface area contributed by atoms with E-state index in [1.807, 2.05) is 11.8 Å². The number of alkyl halides is 3. The molecule has 2 aliphatic carbocycles. The van der Waals surface area contributed by atoms with Gasteiger partial charge in [-0.05, 0) is 38.0 Å². The van der Waals surface area contributed by atoms with Crippen molar-refractivity contribution < 1.29 is 22.4 Å². The van der Waals surface area contributed by atoms with Gasteiger partial charge in [-0.2, -0.15) is 13.2 Å². The summed E-state index contributed by atoms with van der Waals surface area (Å²) in [5.74, 6) is 0.115. The van der Waals surface area contributed by atoms with Gasteiger partial charge in [-0.25, -0.2) is 0 Å². The first-order chi connectivity index (χ1) is 11.9. The number of hydrogen-bond acceptors (Lipinski definition) is 5. The molecule has 1 aromatic heterocycles. The number of halogens is 3. The Kier molecular flexibility index (Phi) is 7.07. The summed E-state index contributed by atoms with van der Waals surface area (Å²) < 4.78 is 34.0. The molecule has 1 N–H and O–H groups in total. The minimum Gasteiger partial charge on any atom is -0.411 e. The molecule has 1 aromatic rings. The first-order valence-corrected chi connectivity index (χ1v) is 8.66. The molecule has 6 nitrogen and oxygen atoms in total. The number of hydrogen-bond donors (Lipinski definition) is 1. The van der Waals surface area contributed by atoms with E-state index in [-0.39, 0.29) is 11.9 Å². The molecule has 9 heteroatoms. The fourth-order valence-corrected chi connectivity index (χ4v) is 2.63. The molecular weight excluding hydrogens is 337 g/mol. The molecule has 0 bridgehead atoms. The Hall–Kier alpha value is -1.80. The largest absolute Gasteiger partial charge is 0.411 e. The summed E-state index contributed by atoms with van der Waals surface area (Å²) in [5, 5.41) is 10.2. The molecule has 3 aliphatic rings. The second kappa shape index (κ2) is 9.05. The lowest BCUT2D eigenvalue weighted by Crippen LogP contribution is -2.45. The Morgan fingerprint density at radius 2 is 1.76 bits per heavy atom. The topological polar surface area (TPSA) is 71.3 Å². The van der Waals surface area contributed by atoms with E-state index in [1.165, 1.54) is 38.5 Å². The lowest BCUT2D eigenvalue weighted by Gasteiger charge is -2.33. The van der Waals surface area contributed by atoms with Crippen molar-refractivity contribution in [3.63, 3.8) is 0 Å². The maximum absolute atomic E-state index is 12.2. The van der Waals surface area contributed by atoms with Crippen molar-refractivity contribution in [3.05, 3.63) is 6.39 Å². The summed E-state index contributed by atoms with van der Waals surface area (Å²) in [4.78, 5) is 14.2. The minimum atomic E-state index is -3.67. The van der Waals surface area contributed by atoms with Crippen LogP contribution in [0.4, 0.5) is 19.2 Å². The Morgan fingerprint density at radius 1 is 1.20 bits per heavy atom. The summed E-state index contributed by atoms with van der Waals surface area (Å²) in [5.41, 5.74) is 0.597. The second-order valence-electron chi connectivity index (χ2n) is 6.74. The summed E-state index contributed by atoms with van der Waals surface area (Å²) >= 11 is 0. The maximum Gasteiger partial charge on any atom is 0.379 e. The molecule has 0 radical (unpaired) electrons. The highest BCUT2D eigenvalue weighted by Crippen LogP contribution is 2.53. The highest BCUT2D eigenvalue weighted by atomic mass is 19.4. The summed E-state index contributed by atoms with van der Waals surface area (Å²) in [6.07, 6.45) is 10.8. The molecule has 4 rings (SSSR count). The monoisotopic (exact) mass is 362 g/mol. The average Bonchev–Trinajstić information content (AvgIpc) is 3.50. The fourth-order valence-electron chi connectivity index (χ4n) is 2.63. The van der Waals surface area contributed by atoms with Gasteiger partial charge in [0.1, 0.15) is 6.04 Å². The smallest absolute Gasteiger partial charge is 0.379 e. The van der Waals surface area contributed by atoms with Crippen LogP contribution < -0.4 is 5.32 Å². The van der Waals surface area contributed by atoms with Crippen LogP contribution in [0.1, 0.15) is 51.9 Å². The second-order valence-corrected chi connectivity index (χ2v) is 6.74. The van der Waals surface area contributed by atoms with Gasteiger partial charge < -0.3 is 14.6 Å². The van der Waals surface area contributed by atoms with E-state index in [2.05, 4.69) is 15.5 Å². The molecule has 1 saturated heterocycles. The Morgan fingerprint density at radius 3 is 2.16 bits per heavy atom. The molecular formula is C16H25F3N4O2. The number of anilines is 1. The molecule has 1 atom stereocenters. The van der Waals surface area contributed by atoms with E-state index in [1.54, 1.807) is 0 Å². The molecule has 1 unspecified atom stereocenters. The van der Waals surface area contributed by atoms with Crippen LogP contribution in [0.3, 0.4) is 0 Å². The lowest BCUT2D eigenvalue weighted by molar-refractivity contribution is -0.133. The summed E-state index contributed by atoms with van der Waals surface area (Å²) in [6.45, 7) is -0.0720. The minimum absolute atomic E-state index is 0.115. The van der Waals surface area contributed by atoms with E-state index < -0.39 is 6.68 Å².